The second-order valence-corrected chi connectivity index (χ2v) is 10.1. The number of nitrogens with zero attached hydrogens (tertiary/aromatic N) is 1. The van der Waals surface area contributed by atoms with Gasteiger partial charge in [0.25, 0.3) is 11.8 Å². The average molecular weight is 572 g/mol. The molecule has 6 aromatic rings. The number of carbonyl (C=O) groups excluding carboxylic acids is 2. The third kappa shape index (κ3) is 5.19. The molecule has 9 nitrogen and oxygen atoms in total. The van der Waals surface area contributed by atoms with Crippen LogP contribution in [0.4, 0.5) is 11.4 Å². The molecular weight excluding hydrogens is 546 g/mol. The van der Waals surface area contributed by atoms with Crippen LogP contribution in [0.15, 0.2) is 106 Å². The van der Waals surface area contributed by atoms with Gasteiger partial charge in [-0.15, -0.1) is 0 Å². The quantitative estimate of drug-likeness (QED) is 0.215. The molecule has 0 saturated heterocycles. The van der Waals surface area contributed by atoms with E-state index in [1.807, 2.05) is 73.7 Å². The maximum absolute atomic E-state index is 13.3. The minimum atomic E-state index is -0.424. The molecule has 0 radical (unpaired) electrons. The van der Waals surface area contributed by atoms with E-state index in [2.05, 4.69) is 15.8 Å². The number of benzene rings is 4. The summed E-state index contributed by atoms with van der Waals surface area (Å²) in [6, 6.07) is 29.2. The van der Waals surface area contributed by atoms with Crippen molar-refractivity contribution in [2.24, 2.45) is 0 Å². The number of rotatable bonds is 6. The summed E-state index contributed by atoms with van der Waals surface area (Å²) in [4.78, 5) is 26.3. The molecule has 7 rings (SSSR count). The Labute approximate surface area is 246 Å². The fraction of sp³-hybridized carbons (Fsp3) is 0.0882. The zero-order valence-corrected chi connectivity index (χ0v) is 23.0. The minimum Gasteiger partial charge on any atom is -0.486 e. The zero-order valence-electron chi connectivity index (χ0n) is 23.0. The van der Waals surface area contributed by atoms with Gasteiger partial charge in [0, 0.05) is 34.0 Å². The SMILES string of the molecule is Cc1ccc(NC(=O)c2oc3ccccc3c2-c2ccc(NC(=O)c3cc(-c4ccc5c(c4)OCCO5)on3)cc2)cc1. The average Bonchev–Trinajstić information content (AvgIpc) is 3.69. The molecule has 0 unspecified atom stereocenters. The maximum Gasteiger partial charge on any atom is 0.292 e. The Kier molecular flexibility index (Phi) is 6.59. The van der Waals surface area contributed by atoms with Crippen LogP contribution < -0.4 is 20.1 Å². The van der Waals surface area contributed by atoms with Gasteiger partial charge in [-0.2, -0.15) is 0 Å². The smallest absolute Gasteiger partial charge is 0.292 e. The number of hydrogen-bond donors (Lipinski definition) is 2. The highest BCUT2D eigenvalue weighted by molar-refractivity contribution is 6.12. The Morgan fingerprint density at radius 2 is 1.40 bits per heavy atom. The Bertz CT molecular complexity index is 1970. The molecular formula is C34H25N3O6. The first kappa shape index (κ1) is 26.1. The van der Waals surface area contributed by atoms with Crippen molar-refractivity contribution in [3.05, 3.63) is 114 Å². The van der Waals surface area contributed by atoms with Crippen molar-refractivity contribution in [3.8, 4) is 33.9 Å². The van der Waals surface area contributed by atoms with Gasteiger partial charge in [-0.25, -0.2) is 0 Å². The number of nitrogens with one attached hydrogen (secondary N) is 2. The Hall–Kier alpha value is -5.83. The van der Waals surface area contributed by atoms with E-state index in [1.165, 1.54) is 0 Å². The van der Waals surface area contributed by atoms with E-state index in [0.29, 0.717) is 53.0 Å². The topological polar surface area (TPSA) is 116 Å². The fourth-order valence-corrected chi connectivity index (χ4v) is 4.95. The van der Waals surface area contributed by atoms with Gasteiger partial charge in [0.15, 0.2) is 23.0 Å². The van der Waals surface area contributed by atoms with E-state index >= 15 is 0 Å². The van der Waals surface area contributed by atoms with Crippen LogP contribution in [0.2, 0.25) is 0 Å². The Morgan fingerprint density at radius 3 is 2.19 bits per heavy atom. The van der Waals surface area contributed by atoms with E-state index < -0.39 is 5.91 Å². The summed E-state index contributed by atoms with van der Waals surface area (Å²) < 4.78 is 22.7. The molecule has 9 heteroatoms. The molecule has 0 aliphatic carbocycles. The van der Waals surface area contributed by atoms with Crippen molar-refractivity contribution in [1.29, 1.82) is 0 Å². The lowest BCUT2D eigenvalue weighted by Crippen LogP contribution is -2.15. The number of para-hydroxylation sites is 1. The van der Waals surface area contributed by atoms with Gasteiger partial charge in [-0.1, -0.05) is 53.2 Å². The second-order valence-electron chi connectivity index (χ2n) is 10.1. The minimum absolute atomic E-state index is 0.129. The van der Waals surface area contributed by atoms with Gasteiger partial charge in [0.1, 0.15) is 18.8 Å². The number of amides is 2. The molecule has 2 amide bonds. The predicted octanol–water partition coefficient (Wildman–Crippen LogP) is 7.34. The van der Waals surface area contributed by atoms with Crippen LogP contribution in [-0.4, -0.2) is 30.2 Å². The van der Waals surface area contributed by atoms with Crippen molar-refractivity contribution in [1.82, 2.24) is 5.16 Å². The normalized spacial score (nSPS) is 12.2. The van der Waals surface area contributed by atoms with Crippen molar-refractivity contribution >= 4 is 34.2 Å². The van der Waals surface area contributed by atoms with Gasteiger partial charge >= 0.3 is 0 Å². The van der Waals surface area contributed by atoms with E-state index in [4.69, 9.17) is 18.4 Å². The summed E-state index contributed by atoms with van der Waals surface area (Å²) >= 11 is 0. The van der Waals surface area contributed by atoms with Crippen LogP contribution in [0.25, 0.3) is 33.4 Å². The predicted molar refractivity (Wildman–Crippen MR) is 162 cm³/mol. The third-order valence-electron chi connectivity index (χ3n) is 7.11. The number of fused-ring (bicyclic) bond motifs is 2. The van der Waals surface area contributed by atoms with Crippen molar-refractivity contribution < 1.29 is 28.0 Å². The van der Waals surface area contributed by atoms with Crippen LogP contribution in [0.1, 0.15) is 26.6 Å². The van der Waals surface area contributed by atoms with Crippen LogP contribution >= 0.6 is 0 Å². The number of hydrogen-bond acceptors (Lipinski definition) is 7. The molecule has 0 saturated carbocycles. The van der Waals surface area contributed by atoms with Gasteiger partial charge in [0.05, 0.1) is 0 Å². The first-order valence-corrected chi connectivity index (χ1v) is 13.7. The summed E-state index contributed by atoms with van der Waals surface area (Å²) in [5.74, 6) is 1.14. The highest BCUT2D eigenvalue weighted by atomic mass is 16.6. The molecule has 1 aliphatic rings. The molecule has 2 N–H and O–H groups in total. The monoisotopic (exact) mass is 571 g/mol. The number of ether oxygens (including phenoxy) is 2. The van der Waals surface area contributed by atoms with Crippen LogP contribution in [0.5, 0.6) is 11.5 Å². The summed E-state index contributed by atoms with van der Waals surface area (Å²) in [7, 11) is 0. The van der Waals surface area contributed by atoms with Crippen molar-refractivity contribution in [2.75, 3.05) is 23.8 Å². The fourth-order valence-electron chi connectivity index (χ4n) is 4.95. The van der Waals surface area contributed by atoms with E-state index in [-0.39, 0.29) is 17.4 Å². The van der Waals surface area contributed by atoms with E-state index in [0.717, 1.165) is 22.1 Å². The molecule has 3 heterocycles. The molecule has 4 aromatic carbocycles. The van der Waals surface area contributed by atoms with Crippen LogP contribution in [0, 0.1) is 6.92 Å². The molecule has 43 heavy (non-hydrogen) atoms. The lowest BCUT2D eigenvalue weighted by molar-refractivity contribution is 0.0996. The molecule has 212 valence electrons. The largest absolute Gasteiger partial charge is 0.486 e. The number of furan rings is 1. The summed E-state index contributed by atoms with van der Waals surface area (Å²) in [6.45, 7) is 2.96. The zero-order chi connectivity index (χ0) is 29.3. The second kappa shape index (κ2) is 10.9. The number of carbonyl (C=O) groups is 2. The van der Waals surface area contributed by atoms with Gasteiger partial charge < -0.3 is 29.0 Å². The molecule has 2 aromatic heterocycles. The first-order chi connectivity index (χ1) is 21.0. The Morgan fingerprint density at radius 1 is 0.721 bits per heavy atom. The molecule has 0 bridgehead atoms. The molecule has 0 spiro atoms. The molecule has 0 atom stereocenters. The van der Waals surface area contributed by atoms with E-state index in [9.17, 15) is 9.59 Å². The molecule has 0 fully saturated rings. The van der Waals surface area contributed by atoms with Crippen molar-refractivity contribution in [3.63, 3.8) is 0 Å². The van der Waals surface area contributed by atoms with Gasteiger partial charge in [-0.3, -0.25) is 9.59 Å². The summed E-state index contributed by atoms with van der Waals surface area (Å²) in [5, 5.41) is 10.5. The van der Waals surface area contributed by atoms with Crippen LogP contribution in [-0.2, 0) is 0 Å². The van der Waals surface area contributed by atoms with Crippen LogP contribution in [0.3, 0.4) is 0 Å². The number of aromatic nitrogens is 1. The highest BCUT2D eigenvalue weighted by Crippen LogP contribution is 2.37. The lowest BCUT2D eigenvalue weighted by atomic mass is 10.0. The summed E-state index contributed by atoms with van der Waals surface area (Å²) in [5.41, 5.74) is 5.20. The first-order valence-electron chi connectivity index (χ1n) is 13.7. The number of aryl methyl sites for hydroxylation is 1. The molecule has 1 aliphatic heterocycles. The lowest BCUT2D eigenvalue weighted by Gasteiger charge is -2.18. The Balaban J connectivity index is 1.11. The highest BCUT2D eigenvalue weighted by Gasteiger charge is 2.23. The third-order valence-corrected chi connectivity index (χ3v) is 7.11. The van der Waals surface area contributed by atoms with Crippen molar-refractivity contribution in [2.45, 2.75) is 6.92 Å². The van der Waals surface area contributed by atoms with E-state index in [1.54, 1.807) is 30.3 Å². The standard InChI is InChI=1S/C34H25N3O6/c1-20-6-11-23(12-7-20)36-34(39)32-31(25-4-2-3-5-27(25)42-32)21-8-13-24(14-9-21)35-33(38)26-19-29(43-37-26)22-10-15-28-30(18-22)41-17-16-40-28/h2-15,18-19H,16-17H2,1H3,(H,35,38)(H,36,39). The maximum atomic E-state index is 13.3. The van der Waals surface area contributed by atoms with Gasteiger partial charge in [0.2, 0.25) is 5.76 Å². The summed E-state index contributed by atoms with van der Waals surface area (Å²) in [6.07, 6.45) is 0. The van der Waals surface area contributed by atoms with Gasteiger partial charge in [-0.05, 0) is 61.0 Å². The number of anilines is 2.